The number of carboxylic acids is 1. The van der Waals surface area contributed by atoms with Gasteiger partial charge in [0.1, 0.15) is 12.6 Å². The Hall–Kier alpha value is -2.18. The molecular formula is C16H19F2NO4. The van der Waals surface area contributed by atoms with E-state index in [0.717, 1.165) is 5.56 Å². The molecule has 1 aromatic carbocycles. The van der Waals surface area contributed by atoms with E-state index in [1.165, 1.54) is 0 Å². The normalized spacial score (nSPS) is 18.9. The van der Waals surface area contributed by atoms with Gasteiger partial charge in [-0.25, -0.2) is 18.4 Å². The van der Waals surface area contributed by atoms with E-state index in [1.807, 2.05) is 6.07 Å². The number of carbonyl (C=O) groups is 2. The monoisotopic (exact) mass is 327 g/mol. The Morgan fingerprint density at radius 1 is 1.26 bits per heavy atom. The van der Waals surface area contributed by atoms with Gasteiger partial charge in [-0.2, -0.15) is 0 Å². The van der Waals surface area contributed by atoms with Gasteiger partial charge < -0.3 is 15.2 Å². The van der Waals surface area contributed by atoms with Crippen LogP contribution in [0.15, 0.2) is 30.3 Å². The minimum Gasteiger partial charge on any atom is -0.480 e. The van der Waals surface area contributed by atoms with Crippen molar-refractivity contribution in [2.24, 2.45) is 5.92 Å². The number of halogens is 2. The molecule has 0 aromatic heterocycles. The van der Waals surface area contributed by atoms with E-state index in [1.54, 1.807) is 24.3 Å². The molecule has 1 saturated carbocycles. The van der Waals surface area contributed by atoms with E-state index in [-0.39, 0.29) is 32.3 Å². The van der Waals surface area contributed by atoms with Crippen molar-refractivity contribution >= 4 is 12.1 Å². The van der Waals surface area contributed by atoms with E-state index >= 15 is 0 Å². The number of alkyl carbamates (subject to hydrolysis) is 1. The van der Waals surface area contributed by atoms with E-state index in [9.17, 15) is 23.5 Å². The molecule has 1 aliphatic carbocycles. The average molecular weight is 327 g/mol. The van der Waals surface area contributed by atoms with Gasteiger partial charge in [0.05, 0.1) is 0 Å². The lowest BCUT2D eigenvalue weighted by molar-refractivity contribution is -0.142. The van der Waals surface area contributed by atoms with Crippen LogP contribution in [0.5, 0.6) is 0 Å². The van der Waals surface area contributed by atoms with Crippen LogP contribution in [0.4, 0.5) is 13.6 Å². The predicted molar refractivity (Wildman–Crippen MR) is 78.1 cm³/mol. The molecule has 0 spiro atoms. The molecule has 0 heterocycles. The molecule has 1 amide bonds. The number of rotatable bonds is 5. The van der Waals surface area contributed by atoms with Crippen molar-refractivity contribution in [1.82, 2.24) is 5.32 Å². The van der Waals surface area contributed by atoms with Gasteiger partial charge in [-0.1, -0.05) is 30.3 Å². The minimum absolute atomic E-state index is 0.0156. The van der Waals surface area contributed by atoms with Crippen molar-refractivity contribution < 1.29 is 28.2 Å². The van der Waals surface area contributed by atoms with Crippen LogP contribution in [0, 0.1) is 5.92 Å². The van der Waals surface area contributed by atoms with Crippen LogP contribution >= 0.6 is 0 Å². The van der Waals surface area contributed by atoms with E-state index in [2.05, 4.69) is 5.32 Å². The molecule has 23 heavy (non-hydrogen) atoms. The molecule has 0 unspecified atom stereocenters. The summed E-state index contributed by atoms with van der Waals surface area (Å²) in [5.74, 6) is -4.50. The van der Waals surface area contributed by atoms with Crippen LogP contribution in [0.2, 0.25) is 0 Å². The Morgan fingerprint density at radius 3 is 2.43 bits per heavy atom. The highest BCUT2D eigenvalue weighted by Crippen LogP contribution is 2.37. The van der Waals surface area contributed by atoms with Crippen LogP contribution < -0.4 is 5.32 Å². The summed E-state index contributed by atoms with van der Waals surface area (Å²) >= 11 is 0. The minimum atomic E-state index is -2.74. The number of hydrogen-bond donors (Lipinski definition) is 2. The highest BCUT2D eigenvalue weighted by Gasteiger charge is 2.40. The maximum Gasteiger partial charge on any atom is 0.408 e. The topological polar surface area (TPSA) is 75.6 Å². The summed E-state index contributed by atoms with van der Waals surface area (Å²) < 4.78 is 31.3. The SMILES string of the molecule is O=C(N[C@@H](C(=O)O)C1CCC(F)(F)CC1)OCc1ccccc1. The number of alkyl halides is 2. The quantitative estimate of drug-likeness (QED) is 0.871. The van der Waals surface area contributed by atoms with Gasteiger partial charge in [0.25, 0.3) is 0 Å². The lowest BCUT2D eigenvalue weighted by Gasteiger charge is -2.31. The fourth-order valence-corrected chi connectivity index (χ4v) is 2.67. The molecule has 0 aliphatic heterocycles. The van der Waals surface area contributed by atoms with Gasteiger partial charge in [-0.05, 0) is 24.3 Å². The van der Waals surface area contributed by atoms with Crippen molar-refractivity contribution in [1.29, 1.82) is 0 Å². The summed E-state index contributed by atoms with van der Waals surface area (Å²) in [7, 11) is 0. The molecule has 1 fully saturated rings. The summed E-state index contributed by atoms with van der Waals surface area (Å²) in [5, 5.41) is 11.5. The van der Waals surface area contributed by atoms with Gasteiger partial charge in [-0.3, -0.25) is 0 Å². The molecule has 1 aliphatic rings. The number of nitrogens with one attached hydrogen (secondary N) is 1. The summed E-state index contributed by atoms with van der Waals surface area (Å²) in [5.41, 5.74) is 0.770. The molecule has 2 rings (SSSR count). The van der Waals surface area contributed by atoms with E-state index in [4.69, 9.17) is 4.74 Å². The first-order valence-electron chi connectivity index (χ1n) is 7.45. The second-order valence-corrected chi connectivity index (χ2v) is 5.72. The third-order valence-electron chi connectivity index (χ3n) is 3.99. The third-order valence-corrected chi connectivity index (χ3v) is 3.99. The maximum atomic E-state index is 13.2. The van der Waals surface area contributed by atoms with Gasteiger partial charge >= 0.3 is 12.1 Å². The number of ether oxygens (including phenoxy) is 1. The molecule has 0 saturated heterocycles. The molecule has 7 heteroatoms. The fraction of sp³-hybridized carbons (Fsp3) is 0.500. The van der Waals surface area contributed by atoms with Crippen LogP contribution in [0.3, 0.4) is 0 Å². The van der Waals surface area contributed by atoms with Crippen LogP contribution in [-0.2, 0) is 16.1 Å². The first-order valence-corrected chi connectivity index (χ1v) is 7.45. The Kier molecular flexibility index (Phi) is 5.52. The molecule has 1 aromatic rings. The molecule has 5 nitrogen and oxygen atoms in total. The molecule has 2 N–H and O–H groups in total. The fourth-order valence-electron chi connectivity index (χ4n) is 2.67. The molecule has 0 bridgehead atoms. The highest BCUT2D eigenvalue weighted by atomic mass is 19.3. The van der Waals surface area contributed by atoms with Gasteiger partial charge in [0, 0.05) is 12.8 Å². The zero-order valence-corrected chi connectivity index (χ0v) is 12.5. The first-order chi connectivity index (χ1) is 10.9. The van der Waals surface area contributed by atoms with E-state index < -0.39 is 29.9 Å². The van der Waals surface area contributed by atoms with Gasteiger partial charge in [0.2, 0.25) is 5.92 Å². The second kappa shape index (κ2) is 7.39. The summed E-state index contributed by atoms with van der Waals surface area (Å²) in [6.07, 6.45) is -1.46. The number of hydrogen-bond acceptors (Lipinski definition) is 3. The predicted octanol–water partition coefficient (Wildman–Crippen LogP) is 3.19. The van der Waals surface area contributed by atoms with Gasteiger partial charge in [0.15, 0.2) is 0 Å². The number of benzene rings is 1. The van der Waals surface area contributed by atoms with Crippen LogP contribution in [0.1, 0.15) is 31.2 Å². The zero-order chi connectivity index (χ0) is 16.9. The van der Waals surface area contributed by atoms with Crippen molar-refractivity contribution in [2.45, 2.75) is 44.3 Å². The lowest BCUT2D eigenvalue weighted by Crippen LogP contribution is -2.48. The number of carbonyl (C=O) groups excluding carboxylic acids is 1. The largest absolute Gasteiger partial charge is 0.480 e. The second-order valence-electron chi connectivity index (χ2n) is 5.72. The number of carboxylic acid groups (broad SMARTS) is 1. The van der Waals surface area contributed by atoms with Crippen LogP contribution in [0.25, 0.3) is 0 Å². The maximum absolute atomic E-state index is 13.2. The summed E-state index contributed by atoms with van der Waals surface area (Å²) in [6, 6.07) is 7.73. The van der Waals surface area contributed by atoms with Crippen molar-refractivity contribution in [2.75, 3.05) is 0 Å². The summed E-state index contributed by atoms with van der Waals surface area (Å²) in [6.45, 7) is 0.0156. The number of aliphatic carboxylic acids is 1. The Balaban J connectivity index is 1.87. The Labute approximate surface area is 132 Å². The van der Waals surface area contributed by atoms with Gasteiger partial charge in [-0.15, -0.1) is 0 Å². The molecule has 1 atom stereocenters. The number of amides is 1. The smallest absolute Gasteiger partial charge is 0.408 e. The molecule has 0 radical (unpaired) electrons. The third kappa shape index (κ3) is 5.19. The average Bonchev–Trinajstić information content (AvgIpc) is 2.52. The standard InChI is InChI=1S/C16H19F2NO4/c17-16(18)8-6-12(7-9-16)13(14(20)21)19-15(22)23-10-11-4-2-1-3-5-11/h1-5,12-13H,6-10H2,(H,19,22)(H,20,21)/t13-/m1/s1. The van der Waals surface area contributed by atoms with Crippen molar-refractivity contribution in [3.8, 4) is 0 Å². The molecule has 126 valence electrons. The summed E-state index contributed by atoms with van der Waals surface area (Å²) in [4.78, 5) is 23.1. The zero-order valence-electron chi connectivity index (χ0n) is 12.5. The lowest BCUT2D eigenvalue weighted by atomic mass is 9.82. The highest BCUT2D eigenvalue weighted by molar-refractivity contribution is 5.80. The first kappa shape index (κ1) is 17.2. The molecular weight excluding hydrogens is 308 g/mol. The Bertz CT molecular complexity index is 540. The van der Waals surface area contributed by atoms with Crippen LogP contribution in [-0.4, -0.2) is 29.1 Å². The van der Waals surface area contributed by atoms with E-state index in [0.29, 0.717) is 0 Å². The Morgan fingerprint density at radius 2 is 1.87 bits per heavy atom. The van der Waals surface area contributed by atoms with Crippen molar-refractivity contribution in [3.05, 3.63) is 35.9 Å². The van der Waals surface area contributed by atoms with Crippen molar-refractivity contribution in [3.63, 3.8) is 0 Å².